The highest BCUT2D eigenvalue weighted by atomic mass is 19.4. The summed E-state index contributed by atoms with van der Waals surface area (Å²) >= 11 is 0. The largest absolute Gasteiger partial charge is 0.417 e. The van der Waals surface area contributed by atoms with Crippen molar-refractivity contribution in [3.8, 4) is 0 Å². The van der Waals surface area contributed by atoms with Crippen LogP contribution < -0.4 is 11.3 Å². The summed E-state index contributed by atoms with van der Waals surface area (Å²) in [5, 5.41) is 0. The molecule has 16 heavy (non-hydrogen) atoms. The molecule has 6 heteroatoms. The third kappa shape index (κ3) is 3.18. The normalized spacial score (nSPS) is 13.8. The summed E-state index contributed by atoms with van der Waals surface area (Å²) in [5.41, 5.74) is 2.31. The van der Waals surface area contributed by atoms with E-state index in [4.69, 9.17) is 5.84 Å². The van der Waals surface area contributed by atoms with Crippen LogP contribution in [0.1, 0.15) is 37.1 Å². The van der Waals surface area contributed by atoms with Crippen LogP contribution in [0.2, 0.25) is 0 Å². The van der Waals surface area contributed by atoms with E-state index in [2.05, 4.69) is 10.4 Å². The van der Waals surface area contributed by atoms with Gasteiger partial charge in [0.2, 0.25) is 0 Å². The maximum Gasteiger partial charge on any atom is 0.417 e. The van der Waals surface area contributed by atoms with E-state index in [1.807, 2.05) is 6.92 Å². The first-order chi connectivity index (χ1) is 7.49. The lowest BCUT2D eigenvalue weighted by atomic mass is 10.1. The van der Waals surface area contributed by atoms with Gasteiger partial charge in [-0.3, -0.25) is 16.3 Å². The molecule has 1 aromatic rings. The van der Waals surface area contributed by atoms with Crippen LogP contribution in [0, 0.1) is 0 Å². The van der Waals surface area contributed by atoms with Gasteiger partial charge in [-0.2, -0.15) is 13.2 Å². The van der Waals surface area contributed by atoms with E-state index in [0.29, 0.717) is 5.69 Å². The molecule has 90 valence electrons. The molecule has 3 N–H and O–H groups in total. The highest BCUT2D eigenvalue weighted by Crippen LogP contribution is 2.29. The zero-order chi connectivity index (χ0) is 12.2. The minimum atomic E-state index is -4.35. The van der Waals surface area contributed by atoms with E-state index in [-0.39, 0.29) is 6.04 Å². The lowest BCUT2D eigenvalue weighted by Crippen LogP contribution is -2.28. The standard InChI is InChI=1S/C10H14F3N3/c1-2-3-9(16-14)8-5-4-7(6-15-8)10(11,12)13/h4-6,9,16H,2-3,14H2,1H3. The van der Waals surface area contributed by atoms with Crippen LogP contribution >= 0.6 is 0 Å². The molecule has 1 heterocycles. The van der Waals surface area contributed by atoms with Crippen LogP contribution in [0.25, 0.3) is 0 Å². The highest BCUT2D eigenvalue weighted by molar-refractivity contribution is 5.18. The molecule has 0 aliphatic heterocycles. The van der Waals surface area contributed by atoms with Crippen molar-refractivity contribution in [2.24, 2.45) is 5.84 Å². The molecule has 1 rings (SSSR count). The predicted molar refractivity (Wildman–Crippen MR) is 54.2 cm³/mol. The van der Waals surface area contributed by atoms with Gasteiger partial charge >= 0.3 is 6.18 Å². The fourth-order valence-electron chi connectivity index (χ4n) is 1.38. The number of alkyl halides is 3. The van der Waals surface area contributed by atoms with Gasteiger partial charge in [-0.25, -0.2) is 0 Å². The van der Waals surface area contributed by atoms with Crippen molar-refractivity contribution in [3.63, 3.8) is 0 Å². The second-order valence-corrected chi connectivity index (χ2v) is 3.48. The summed E-state index contributed by atoms with van der Waals surface area (Å²) in [4.78, 5) is 3.77. The Morgan fingerprint density at radius 3 is 2.50 bits per heavy atom. The van der Waals surface area contributed by atoms with Crippen molar-refractivity contribution >= 4 is 0 Å². The topological polar surface area (TPSA) is 50.9 Å². The first-order valence-corrected chi connectivity index (χ1v) is 4.98. The van der Waals surface area contributed by atoms with Gasteiger partial charge in [-0.15, -0.1) is 0 Å². The number of halogens is 3. The van der Waals surface area contributed by atoms with E-state index in [1.165, 1.54) is 6.07 Å². The summed E-state index contributed by atoms with van der Waals surface area (Å²) in [6.45, 7) is 1.97. The third-order valence-electron chi connectivity index (χ3n) is 2.25. The first kappa shape index (κ1) is 12.9. The second-order valence-electron chi connectivity index (χ2n) is 3.48. The molecule has 0 aliphatic carbocycles. The van der Waals surface area contributed by atoms with Crippen molar-refractivity contribution in [2.45, 2.75) is 32.0 Å². The molecule has 1 aromatic heterocycles. The van der Waals surface area contributed by atoms with Crippen molar-refractivity contribution < 1.29 is 13.2 Å². The minimum Gasteiger partial charge on any atom is -0.271 e. The van der Waals surface area contributed by atoms with Crippen LogP contribution in [0.5, 0.6) is 0 Å². The lowest BCUT2D eigenvalue weighted by molar-refractivity contribution is -0.137. The Kier molecular flexibility index (Phi) is 4.26. The maximum absolute atomic E-state index is 12.3. The molecule has 0 spiro atoms. The second kappa shape index (κ2) is 5.27. The molecule has 0 saturated carbocycles. The average Bonchev–Trinajstić information content (AvgIpc) is 2.25. The molecule has 1 atom stereocenters. The quantitative estimate of drug-likeness (QED) is 0.620. The van der Waals surface area contributed by atoms with Gasteiger partial charge in [0.15, 0.2) is 0 Å². The van der Waals surface area contributed by atoms with Crippen LogP contribution in [-0.4, -0.2) is 4.98 Å². The predicted octanol–water partition coefficient (Wildman–Crippen LogP) is 2.40. The van der Waals surface area contributed by atoms with Gasteiger partial charge in [0, 0.05) is 6.20 Å². The number of rotatable bonds is 4. The molecule has 0 amide bonds. The van der Waals surface area contributed by atoms with Gasteiger partial charge in [-0.05, 0) is 18.6 Å². The molecule has 0 saturated heterocycles. The molecule has 0 radical (unpaired) electrons. The van der Waals surface area contributed by atoms with Crippen LogP contribution in [0.3, 0.4) is 0 Å². The van der Waals surface area contributed by atoms with Crippen LogP contribution in [0.4, 0.5) is 13.2 Å². The van der Waals surface area contributed by atoms with Crippen LogP contribution in [-0.2, 0) is 6.18 Å². The van der Waals surface area contributed by atoms with Crippen molar-refractivity contribution in [2.75, 3.05) is 0 Å². The molecule has 0 aliphatic rings. The average molecular weight is 233 g/mol. The molecule has 0 fully saturated rings. The molecule has 1 unspecified atom stereocenters. The summed E-state index contributed by atoms with van der Waals surface area (Å²) in [6.07, 6.45) is -1.91. The molecule has 0 bridgehead atoms. The summed E-state index contributed by atoms with van der Waals surface area (Å²) in [6, 6.07) is 2.16. The number of hydrazine groups is 1. The van der Waals surface area contributed by atoms with Crippen LogP contribution in [0.15, 0.2) is 18.3 Å². The van der Waals surface area contributed by atoms with Crippen molar-refractivity contribution in [1.29, 1.82) is 0 Å². The Hall–Kier alpha value is -1.14. The maximum atomic E-state index is 12.3. The number of nitrogens with one attached hydrogen (secondary N) is 1. The van der Waals surface area contributed by atoms with E-state index >= 15 is 0 Å². The Bertz CT molecular complexity index is 321. The Balaban J connectivity index is 2.85. The van der Waals surface area contributed by atoms with Gasteiger partial charge in [0.25, 0.3) is 0 Å². The van der Waals surface area contributed by atoms with Crippen molar-refractivity contribution in [3.05, 3.63) is 29.6 Å². The number of hydrogen-bond donors (Lipinski definition) is 2. The SMILES string of the molecule is CCCC(NN)c1ccc(C(F)(F)F)cn1. The summed E-state index contributed by atoms with van der Waals surface area (Å²) in [7, 11) is 0. The fraction of sp³-hybridized carbons (Fsp3) is 0.500. The Morgan fingerprint density at radius 2 is 2.12 bits per heavy atom. The number of pyridine rings is 1. The van der Waals surface area contributed by atoms with Gasteiger partial charge in [-0.1, -0.05) is 13.3 Å². The monoisotopic (exact) mass is 233 g/mol. The zero-order valence-electron chi connectivity index (χ0n) is 8.88. The number of hydrogen-bond acceptors (Lipinski definition) is 3. The zero-order valence-corrected chi connectivity index (χ0v) is 8.88. The minimum absolute atomic E-state index is 0.202. The molecular formula is C10H14F3N3. The Morgan fingerprint density at radius 1 is 1.44 bits per heavy atom. The number of nitrogens with two attached hydrogens (primary N) is 1. The Labute approximate surface area is 91.8 Å². The van der Waals surface area contributed by atoms with Crippen molar-refractivity contribution in [1.82, 2.24) is 10.4 Å². The van der Waals surface area contributed by atoms with E-state index in [0.717, 1.165) is 25.1 Å². The molecule has 0 aromatic carbocycles. The fourth-order valence-corrected chi connectivity index (χ4v) is 1.38. The van der Waals surface area contributed by atoms with E-state index < -0.39 is 11.7 Å². The lowest BCUT2D eigenvalue weighted by Gasteiger charge is -2.15. The van der Waals surface area contributed by atoms with Gasteiger partial charge in [0.05, 0.1) is 17.3 Å². The molecular weight excluding hydrogens is 219 g/mol. The third-order valence-corrected chi connectivity index (χ3v) is 2.25. The van der Waals surface area contributed by atoms with Gasteiger partial charge < -0.3 is 0 Å². The number of nitrogens with zero attached hydrogens (tertiary/aromatic N) is 1. The highest BCUT2D eigenvalue weighted by Gasteiger charge is 2.30. The number of aromatic nitrogens is 1. The van der Waals surface area contributed by atoms with E-state index in [1.54, 1.807) is 0 Å². The molecule has 3 nitrogen and oxygen atoms in total. The first-order valence-electron chi connectivity index (χ1n) is 4.98. The van der Waals surface area contributed by atoms with Gasteiger partial charge in [0.1, 0.15) is 0 Å². The van der Waals surface area contributed by atoms with E-state index in [9.17, 15) is 13.2 Å². The smallest absolute Gasteiger partial charge is 0.271 e. The summed E-state index contributed by atoms with van der Waals surface area (Å²) < 4.78 is 36.8. The summed E-state index contributed by atoms with van der Waals surface area (Å²) in [5.74, 6) is 5.30.